The number of carboxylic acid groups (broad SMARTS) is 1. The molecular formula is C6H6F3N3O2. The van der Waals surface area contributed by atoms with Gasteiger partial charge in [0.2, 0.25) is 0 Å². The van der Waals surface area contributed by atoms with E-state index in [9.17, 15) is 18.0 Å². The fourth-order valence-corrected chi connectivity index (χ4v) is 0.840. The second kappa shape index (κ2) is 3.56. The van der Waals surface area contributed by atoms with E-state index in [1.165, 1.54) is 0 Å². The summed E-state index contributed by atoms with van der Waals surface area (Å²) in [6.45, 7) is 0. The molecule has 1 aromatic rings. The predicted molar refractivity (Wildman–Crippen MR) is 39.7 cm³/mol. The van der Waals surface area contributed by atoms with Gasteiger partial charge < -0.3 is 10.8 Å². The Morgan fingerprint density at radius 2 is 2.14 bits per heavy atom. The first-order chi connectivity index (χ1) is 6.45. The van der Waals surface area contributed by atoms with Crippen LogP contribution in [-0.2, 0) is 0 Å². The van der Waals surface area contributed by atoms with Crippen molar-refractivity contribution in [2.24, 2.45) is 0 Å². The lowest BCUT2D eigenvalue weighted by molar-refractivity contribution is 0.00209. The van der Waals surface area contributed by atoms with Crippen LogP contribution in [0, 0.1) is 0 Å². The molecule has 1 heterocycles. The molecule has 0 amide bonds. The molecule has 0 aliphatic carbocycles. The van der Waals surface area contributed by atoms with Crippen LogP contribution in [-0.4, -0.2) is 27.3 Å². The highest BCUT2D eigenvalue weighted by Gasteiger charge is 2.26. The quantitative estimate of drug-likeness (QED) is 0.774. The van der Waals surface area contributed by atoms with Crippen LogP contribution in [0.15, 0.2) is 6.20 Å². The first kappa shape index (κ1) is 10.4. The van der Waals surface area contributed by atoms with Gasteiger partial charge in [-0.3, -0.25) is 0 Å². The molecule has 14 heavy (non-hydrogen) atoms. The molecule has 0 saturated carbocycles. The normalized spacial score (nSPS) is 13.1. The Morgan fingerprint density at radius 3 is 2.50 bits per heavy atom. The Kier molecular flexibility index (Phi) is 2.63. The molecule has 0 aliphatic rings. The summed E-state index contributed by atoms with van der Waals surface area (Å²) in [4.78, 5) is 10.4. The van der Waals surface area contributed by atoms with Crippen LogP contribution in [0.3, 0.4) is 0 Å². The van der Waals surface area contributed by atoms with Gasteiger partial charge in [0.25, 0.3) is 12.7 Å². The number of aromatic carboxylic acids is 1. The Balaban J connectivity index is 3.06. The lowest BCUT2D eigenvalue weighted by Gasteiger charge is -2.08. The van der Waals surface area contributed by atoms with Crippen LogP contribution in [0.1, 0.15) is 16.7 Å². The molecule has 78 valence electrons. The third-order valence-corrected chi connectivity index (χ3v) is 1.51. The van der Waals surface area contributed by atoms with E-state index in [0.717, 1.165) is 0 Å². The van der Waals surface area contributed by atoms with Gasteiger partial charge in [-0.05, 0) is 0 Å². The summed E-state index contributed by atoms with van der Waals surface area (Å²) in [6, 6.07) is 0. The van der Waals surface area contributed by atoms with Gasteiger partial charge in [0.1, 0.15) is 11.4 Å². The molecule has 1 unspecified atom stereocenters. The van der Waals surface area contributed by atoms with Crippen molar-refractivity contribution in [2.75, 3.05) is 5.73 Å². The smallest absolute Gasteiger partial charge is 0.341 e. The van der Waals surface area contributed by atoms with Crippen molar-refractivity contribution >= 4 is 11.8 Å². The van der Waals surface area contributed by atoms with E-state index < -0.39 is 30.1 Å². The van der Waals surface area contributed by atoms with Gasteiger partial charge in [0.05, 0.1) is 6.20 Å². The fourth-order valence-electron chi connectivity index (χ4n) is 0.840. The van der Waals surface area contributed by atoms with Crippen molar-refractivity contribution in [3.8, 4) is 0 Å². The van der Waals surface area contributed by atoms with Crippen LogP contribution in [0.4, 0.5) is 19.0 Å². The number of halogens is 3. The molecule has 0 aromatic carbocycles. The number of carbonyl (C=O) groups is 1. The molecule has 0 fully saturated rings. The van der Waals surface area contributed by atoms with Crippen molar-refractivity contribution < 1.29 is 23.1 Å². The first-order valence-corrected chi connectivity index (χ1v) is 3.43. The standard InChI is InChI=1S/C6H6F3N3O2/c7-3(8)4(9)12-5(10)2(1-11-12)6(13)14/h1,3-4H,10H2,(H,13,14). The first-order valence-electron chi connectivity index (χ1n) is 3.43. The molecule has 0 spiro atoms. The topological polar surface area (TPSA) is 81.1 Å². The Morgan fingerprint density at radius 1 is 1.57 bits per heavy atom. The SMILES string of the molecule is Nc1c(C(=O)O)cnn1C(F)C(F)F. The number of hydrogen-bond acceptors (Lipinski definition) is 3. The summed E-state index contributed by atoms with van der Waals surface area (Å²) in [5.74, 6) is -2.08. The van der Waals surface area contributed by atoms with E-state index in [1.54, 1.807) is 0 Å². The summed E-state index contributed by atoms with van der Waals surface area (Å²) < 4.78 is 36.5. The van der Waals surface area contributed by atoms with Crippen molar-refractivity contribution in [2.45, 2.75) is 12.7 Å². The summed E-state index contributed by atoms with van der Waals surface area (Å²) in [7, 11) is 0. The van der Waals surface area contributed by atoms with E-state index in [4.69, 9.17) is 10.8 Å². The number of aromatic nitrogens is 2. The molecule has 1 atom stereocenters. The van der Waals surface area contributed by atoms with Crippen LogP contribution < -0.4 is 5.73 Å². The Bertz CT molecular complexity index is 352. The number of nitrogen functional groups attached to an aromatic ring is 1. The lowest BCUT2D eigenvalue weighted by Crippen LogP contribution is -2.16. The lowest BCUT2D eigenvalue weighted by atomic mass is 10.3. The summed E-state index contributed by atoms with van der Waals surface area (Å²) in [6.07, 6.45) is -5.32. The van der Waals surface area contributed by atoms with Crippen LogP contribution in [0.2, 0.25) is 0 Å². The minimum absolute atomic E-state index is 0.133. The molecule has 8 heteroatoms. The number of anilines is 1. The molecule has 0 aliphatic heterocycles. The van der Waals surface area contributed by atoms with Gasteiger partial charge >= 0.3 is 5.97 Å². The highest BCUT2D eigenvalue weighted by molar-refractivity contribution is 5.92. The number of alkyl halides is 3. The third-order valence-electron chi connectivity index (χ3n) is 1.51. The Labute approximate surface area is 75.9 Å². The largest absolute Gasteiger partial charge is 0.477 e. The van der Waals surface area contributed by atoms with Crippen LogP contribution >= 0.6 is 0 Å². The van der Waals surface area contributed by atoms with E-state index in [1.807, 2.05) is 0 Å². The van der Waals surface area contributed by atoms with E-state index in [-0.39, 0.29) is 4.68 Å². The van der Waals surface area contributed by atoms with E-state index >= 15 is 0 Å². The minimum Gasteiger partial charge on any atom is -0.477 e. The number of hydrogen-bond donors (Lipinski definition) is 2. The predicted octanol–water partition coefficient (Wildman–Crippen LogP) is 0.897. The maximum absolute atomic E-state index is 12.7. The fraction of sp³-hybridized carbons (Fsp3) is 0.333. The second-order valence-electron chi connectivity index (χ2n) is 2.40. The summed E-state index contributed by atoms with van der Waals surface area (Å²) >= 11 is 0. The third kappa shape index (κ3) is 1.63. The number of carboxylic acids is 1. The van der Waals surface area contributed by atoms with Crippen molar-refractivity contribution in [3.05, 3.63) is 11.8 Å². The average Bonchev–Trinajstić information content (AvgIpc) is 2.45. The zero-order valence-corrected chi connectivity index (χ0v) is 6.69. The Hall–Kier alpha value is -1.73. The van der Waals surface area contributed by atoms with E-state index in [2.05, 4.69) is 5.10 Å². The van der Waals surface area contributed by atoms with Crippen LogP contribution in [0.25, 0.3) is 0 Å². The molecule has 3 N–H and O–H groups in total. The van der Waals surface area contributed by atoms with Gasteiger partial charge in [0.15, 0.2) is 0 Å². The van der Waals surface area contributed by atoms with Gasteiger partial charge in [-0.15, -0.1) is 0 Å². The van der Waals surface area contributed by atoms with Gasteiger partial charge in [-0.1, -0.05) is 0 Å². The van der Waals surface area contributed by atoms with E-state index in [0.29, 0.717) is 6.20 Å². The maximum atomic E-state index is 12.7. The monoisotopic (exact) mass is 209 g/mol. The minimum atomic E-state index is -3.31. The molecule has 0 bridgehead atoms. The molecule has 0 saturated heterocycles. The number of nitrogens with zero attached hydrogens (tertiary/aromatic N) is 2. The van der Waals surface area contributed by atoms with Gasteiger partial charge in [-0.2, -0.15) is 5.10 Å². The zero-order valence-electron chi connectivity index (χ0n) is 6.69. The summed E-state index contributed by atoms with van der Waals surface area (Å²) in [5.41, 5.74) is 4.58. The van der Waals surface area contributed by atoms with Crippen molar-refractivity contribution in [1.29, 1.82) is 0 Å². The van der Waals surface area contributed by atoms with Crippen molar-refractivity contribution in [3.63, 3.8) is 0 Å². The highest BCUT2D eigenvalue weighted by Crippen LogP contribution is 2.22. The number of nitrogens with two attached hydrogens (primary N) is 1. The van der Waals surface area contributed by atoms with Gasteiger partial charge in [-0.25, -0.2) is 22.6 Å². The molecule has 0 radical (unpaired) electrons. The molecular weight excluding hydrogens is 203 g/mol. The highest BCUT2D eigenvalue weighted by atomic mass is 19.3. The molecule has 1 rings (SSSR count). The average molecular weight is 209 g/mol. The zero-order chi connectivity index (χ0) is 10.9. The second-order valence-corrected chi connectivity index (χ2v) is 2.40. The van der Waals surface area contributed by atoms with Crippen LogP contribution in [0.5, 0.6) is 0 Å². The van der Waals surface area contributed by atoms with Gasteiger partial charge in [0, 0.05) is 0 Å². The summed E-state index contributed by atoms with van der Waals surface area (Å²) in [5, 5.41) is 11.6. The molecule has 1 aromatic heterocycles. The van der Waals surface area contributed by atoms with Crippen molar-refractivity contribution in [1.82, 2.24) is 9.78 Å². The maximum Gasteiger partial charge on any atom is 0.341 e. The molecule has 5 nitrogen and oxygen atoms in total. The number of rotatable bonds is 3.